The molecule has 0 bridgehead atoms. The van der Waals surface area contributed by atoms with Crippen LogP contribution in [-0.4, -0.2) is 30.8 Å². The number of carboxylic acid groups (broad SMARTS) is 1. The van der Waals surface area contributed by atoms with E-state index < -0.39 is 11.4 Å². The SMILES string of the molecule is CN(CC(C)(C)C(=O)O)c1ccc2cc(OC3CCC(C(C)(C)C)CC3)ccc2c1. The standard InChI is InChI=1S/C26H37NO3/c1-25(2,3)20-9-13-22(14-10-20)30-23-12-8-18-15-21(11-7-19(18)16-23)27(6)17-26(4,5)24(28)29/h7-8,11-12,15-16,20,22H,9-10,13-14,17H2,1-6H3,(H,28,29). The molecule has 30 heavy (non-hydrogen) atoms. The van der Waals surface area contributed by atoms with Crippen molar-refractivity contribution in [2.75, 3.05) is 18.5 Å². The highest BCUT2D eigenvalue weighted by Gasteiger charge is 2.31. The minimum Gasteiger partial charge on any atom is -0.490 e. The number of benzene rings is 2. The lowest BCUT2D eigenvalue weighted by Crippen LogP contribution is -2.37. The first kappa shape index (κ1) is 22.5. The van der Waals surface area contributed by atoms with Crippen molar-refractivity contribution in [3.8, 4) is 5.75 Å². The van der Waals surface area contributed by atoms with Crippen LogP contribution in [0.5, 0.6) is 5.75 Å². The summed E-state index contributed by atoms with van der Waals surface area (Å²) in [4.78, 5) is 13.4. The smallest absolute Gasteiger partial charge is 0.310 e. The molecule has 0 amide bonds. The van der Waals surface area contributed by atoms with Gasteiger partial charge in [0, 0.05) is 19.3 Å². The van der Waals surface area contributed by atoms with E-state index in [0.717, 1.165) is 41.0 Å². The third-order valence-electron chi connectivity index (χ3n) is 6.65. The Morgan fingerprint density at radius 2 is 1.60 bits per heavy atom. The first-order valence-electron chi connectivity index (χ1n) is 11.1. The predicted octanol–water partition coefficient (Wildman–Crippen LogP) is 6.37. The Morgan fingerprint density at radius 1 is 1.00 bits per heavy atom. The van der Waals surface area contributed by atoms with Crippen LogP contribution in [0.1, 0.15) is 60.3 Å². The van der Waals surface area contributed by atoms with E-state index in [1.807, 2.05) is 11.9 Å². The van der Waals surface area contributed by atoms with Gasteiger partial charge in [-0.2, -0.15) is 0 Å². The Morgan fingerprint density at radius 3 is 2.20 bits per heavy atom. The lowest BCUT2D eigenvalue weighted by Gasteiger charge is -2.37. The molecule has 0 aliphatic heterocycles. The number of nitrogens with zero attached hydrogens (tertiary/aromatic N) is 1. The highest BCUT2D eigenvalue weighted by atomic mass is 16.5. The van der Waals surface area contributed by atoms with Crippen LogP contribution in [0.25, 0.3) is 10.8 Å². The normalized spacial score (nSPS) is 20.2. The van der Waals surface area contributed by atoms with Crippen LogP contribution in [0.3, 0.4) is 0 Å². The first-order valence-corrected chi connectivity index (χ1v) is 11.1. The van der Waals surface area contributed by atoms with Gasteiger partial charge in [0.25, 0.3) is 0 Å². The van der Waals surface area contributed by atoms with Crippen molar-refractivity contribution in [3.63, 3.8) is 0 Å². The van der Waals surface area contributed by atoms with Crippen LogP contribution < -0.4 is 9.64 Å². The Balaban J connectivity index is 1.66. The number of ether oxygens (including phenoxy) is 1. The van der Waals surface area contributed by atoms with Crippen molar-refractivity contribution < 1.29 is 14.6 Å². The van der Waals surface area contributed by atoms with Crippen LogP contribution >= 0.6 is 0 Å². The van der Waals surface area contributed by atoms with Crippen LogP contribution in [-0.2, 0) is 4.79 Å². The van der Waals surface area contributed by atoms with Gasteiger partial charge in [0.15, 0.2) is 0 Å². The molecule has 4 nitrogen and oxygen atoms in total. The lowest BCUT2D eigenvalue weighted by atomic mass is 9.72. The molecule has 1 saturated carbocycles. The fourth-order valence-electron chi connectivity index (χ4n) is 4.51. The van der Waals surface area contributed by atoms with E-state index in [9.17, 15) is 9.90 Å². The zero-order valence-corrected chi connectivity index (χ0v) is 19.4. The van der Waals surface area contributed by atoms with Gasteiger partial charge in [0.1, 0.15) is 5.75 Å². The van der Waals surface area contributed by atoms with Gasteiger partial charge in [-0.3, -0.25) is 4.79 Å². The van der Waals surface area contributed by atoms with E-state index in [2.05, 4.69) is 57.2 Å². The van der Waals surface area contributed by atoms with Crippen LogP contribution in [0.15, 0.2) is 36.4 Å². The molecule has 2 aromatic rings. The number of anilines is 1. The second-order valence-corrected chi connectivity index (χ2v) is 10.7. The molecule has 0 radical (unpaired) electrons. The van der Waals surface area contributed by atoms with Gasteiger partial charge in [-0.1, -0.05) is 32.9 Å². The van der Waals surface area contributed by atoms with E-state index in [-0.39, 0.29) is 0 Å². The molecule has 0 unspecified atom stereocenters. The third kappa shape index (κ3) is 5.27. The van der Waals surface area contributed by atoms with E-state index in [1.54, 1.807) is 13.8 Å². The zero-order chi connectivity index (χ0) is 22.1. The summed E-state index contributed by atoms with van der Waals surface area (Å²) in [5.41, 5.74) is 0.609. The van der Waals surface area contributed by atoms with Gasteiger partial charge in [-0.05, 0) is 85.9 Å². The molecule has 0 heterocycles. The molecular formula is C26H37NO3. The topological polar surface area (TPSA) is 49.8 Å². The molecule has 0 atom stereocenters. The fourth-order valence-corrected chi connectivity index (χ4v) is 4.51. The van der Waals surface area contributed by atoms with Crippen molar-refractivity contribution in [3.05, 3.63) is 36.4 Å². The molecule has 0 spiro atoms. The highest BCUT2D eigenvalue weighted by Crippen LogP contribution is 2.39. The molecular weight excluding hydrogens is 374 g/mol. The predicted molar refractivity (Wildman–Crippen MR) is 124 cm³/mol. The van der Waals surface area contributed by atoms with Crippen LogP contribution in [0.4, 0.5) is 5.69 Å². The molecule has 0 aromatic heterocycles. The number of rotatable bonds is 6. The van der Waals surface area contributed by atoms with Crippen molar-refractivity contribution in [2.45, 2.75) is 66.4 Å². The molecule has 1 aliphatic carbocycles. The van der Waals surface area contributed by atoms with E-state index in [0.29, 0.717) is 18.1 Å². The van der Waals surface area contributed by atoms with Gasteiger partial charge in [0.2, 0.25) is 0 Å². The molecule has 164 valence electrons. The molecule has 1 N–H and O–H groups in total. The van der Waals surface area contributed by atoms with E-state index in [4.69, 9.17) is 4.74 Å². The maximum Gasteiger partial charge on any atom is 0.310 e. The number of fused-ring (bicyclic) bond motifs is 1. The Kier molecular flexibility index (Phi) is 6.35. The third-order valence-corrected chi connectivity index (χ3v) is 6.65. The lowest BCUT2D eigenvalue weighted by molar-refractivity contribution is -0.146. The summed E-state index contributed by atoms with van der Waals surface area (Å²) < 4.78 is 6.32. The number of hydrogen-bond acceptors (Lipinski definition) is 3. The zero-order valence-electron chi connectivity index (χ0n) is 19.4. The maximum absolute atomic E-state index is 11.4. The summed E-state index contributed by atoms with van der Waals surface area (Å²) in [5, 5.41) is 11.7. The Bertz CT molecular complexity index is 889. The van der Waals surface area contributed by atoms with Crippen LogP contribution in [0.2, 0.25) is 0 Å². The Hall–Kier alpha value is -2.23. The van der Waals surface area contributed by atoms with Gasteiger partial charge in [-0.15, -0.1) is 0 Å². The molecule has 1 fully saturated rings. The maximum atomic E-state index is 11.4. The quantitative estimate of drug-likeness (QED) is 0.600. The average Bonchev–Trinajstić information content (AvgIpc) is 2.66. The Labute approximate surface area is 181 Å². The van der Waals surface area contributed by atoms with Gasteiger partial charge < -0.3 is 14.7 Å². The van der Waals surface area contributed by atoms with Gasteiger partial charge in [-0.25, -0.2) is 0 Å². The average molecular weight is 412 g/mol. The minimum absolute atomic E-state index is 0.310. The van der Waals surface area contributed by atoms with Crippen molar-refractivity contribution in [2.24, 2.45) is 16.7 Å². The summed E-state index contributed by atoms with van der Waals surface area (Å²) >= 11 is 0. The largest absolute Gasteiger partial charge is 0.490 e. The monoisotopic (exact) mass is 411 g/mol. The summed E-state index contributed by atoms with van der Waals surface area (Å²) in [7, 11) is 1.94. The van der Waals surface area contributed by atoms with Gasteiger partial charge in [0.05, 0.1) is 11.5 Å². The van der Waals surface area contributed by atoms with E-state index >= 15 is 0 Å². The number of carboxylic acids is 1. The summed E-state index contributed by atoms with van der Waals surface area (Å²) in [6, 6.07) is 12.5. The molecule has 1 aliphatic rings. The fraction of sp³-hybridized carbons (Fsp3) is 0.577. The van der Waals surface area contributed by atoms with Crippen LogP contribution in [0, 0.1) is 16.7 Å². The van der Waals surface area contributed by atoms with E-state index in [1.165, 1.54) is 12.8 Å². The summed E-state index contributed by atoms with van der Waals surface area (Å²) in [6.07, 6.45) is 5.05. The minimum atomic E-state index is -0.798. The number of hydrogen-bond donors (Lipinski definition) is 1. The molecule has 3 rings (SSSR count). The van der Waals surface area contributed by atoms with Crippen molar-refractivity contribution in [1.82, 2.24) is 0 Å². The number of carbonyl (C=O) groups is 1. The second-order valence-electron chi connectivity index (χ2n) is 10.7. The molecule has 4 heteroatoms. The number of aliphatic carboxylic acids is 1. The summed E-state index contributed by atoms with van der Waals surface area (Å²) in [6.45, 7) is 11.0. The van der Waals surface area contributed by atoms with Crippen molar-refractivity contribution >= 4 is 22.4 Å². The second kappa shape index (κ2) is 8.49. The van der Waals surface area contributed by atoms with Gasteiger partial charge >= 0.3 is 5.97 Å². The highest BCUT2D eigenvalue weighted by molar-refractivity contribution is 5.87. The summed E-state index contributed by atoms with van der Waals surface area (Å²) in [5.74, 6) is 0.943. The molecule has 0 saturated heterocycles. The van der Waals surface area contributed by atoms with Crippen molar-refractivity contribution in [1.29, 1.82) is 0 Å². The first-order chi connectivity index (χ1) is 14.0. The molecule has 2 aromatic carbocycles.